The van der Waals surface area contributed by atoms with Crippen LogP contribution in [0.5, 0.6) is 0 Å². The maximum Gasteiger partial charge on any atom is 0.141 e. The number of aliphatic hydroxyl groups is 1. The number of hydrogen-bond donors (Lipinski definition) is 1. The maximum absolute atomic E-state index is 10.1. The lowest BCUT2D eigenvalue weighted by Gasteiger charge is -2.21. The number of nitrogens with zero attached hydrogens (tertiary/aromatic N) is 2. The van der Waals surface area contributed by atoms with E-state index in [1.807, 2.05) is 24.3 Å². The predicted octanol–water partition coefficient (Wildman–Crippen LogP) is 2.84. The van der Waals surface area contributed by atoms with Crippen molar-refractivity contribution in [3.8, 4) is 0 Å². The molecule has 3 nitrogen and oxygen atoms in total. The van der Waals surface area contributed by atoms with Gasteiger partial charge in [0.1, 0.15) is 11.4 Å². The van der Waals surface area contributed by atoms with Crippen LogP contribution in [0.4, 0.5) is 0 Å². The van der Waals surface area contributed by atoms with Crippen LogP contribution in [0.2, 0.25) is 0 Å². The summed E-state index contributed by atoms with van der Waals surface area (Å²) in [5, 5.41) is 10.1. The number of aromatic nitrogens is 2. The lowest BCUT2D eigenvalue weighted by Crippen LogP contribution is -2.23. The molecule has 1 heterocycles. The van der Waals surface area contributed by atoms with E-state index in [9.17, 15) is 5.11 Å². The van der Waals surface area contributed by atoms with Crippen molar-refractivity contribution in [2.75, 3.05) is 0 Å². The van der Waals surface area contributed by atoms with Gasteiger partial charge in [-0.25, -0.2) is 4.98 Å². The van der Waals surface area contributed by atoms with E-state index in [-0.39, 0.29) is 6.04 Å². The molecule has 0 amide bonds. The molecule has 2 rings (SSSR count). The summed E-state index contributed by atoms with van der Waals surface area (Å²) in [4.78, 5) is 4.52. The van der Waals surface area contributed by atoms with E-state index in [0.29, 0.717) is 0 Å². The van der Waals surface area contributed by atoms with Gasteiger partial charge in [0, 0.05) is 6.04 Å². The van der Waals surface area contributed by atoms with Gasteiger partial charge in [0.25, 0.3) is 0 Å². The van der Waals surface area contributed by atoms with Crippen LogP contribution in [-0.2, 0) is 5.60 Å². The van der Waals surface area contributed by atoms with Gasteiger partial charge in [-0.05, 0) is 39.8 Å². The Balaban J connectivity index is 2.78. The first kappa shape index (κ1) is 11.1. The Labute approximate surface area is 95.7 Å². The minimum absolute atomic E-state index is 0.286. The van der Waals surface area contributed by atoms with Crippen LogP contribution in [0.1, 0.15) is 39.6 Å². The van der Waals surface area contributed by atoms with E-state index >= 15 is 0 Å². The van der Waals surface area contributed by atoms with Crippen LogP contribution >= 0.6 is 0 Å². The summed E-state index contributed by atoms with van der Waals surface area (Å²) in [6.45, 7) is 7.74. The Morgan fingerprint density at radius 1 is 1.25 bits per heavy atom. The Morgan fingerprint density at radius 3 is 2.44 bits per heavy atom. The molecule has 0 radical (unpaired) electrons. The van der Waals surface area contributed by atoms with E-state index in [2.05, 4.69) is 23.4 Å². The number of imidazole rings is 1. The molecular weight excluding hydrogens is 200 g/mol. The molecule has 0 fully saturated rings. The summed E-state index contributed by atoms with van der Waals surface area (Å²) < 4.78 is 2.09. The van der Waals surface area contributed by atoms with Crippen molar-refractivity contribution < 1.29 is 5.11 Å². The smallest absolute Gasteiger partial charge is 0.141 e. The van der Waals surface area contributed by atoms with Gasteiger partial charge in [0.15, 0.2) is 0 Å². The standard InChI is InChI=1S/C13H18N2O/c1-9(2)15-11-8-6-5-7-10(11)14-12(15)13(3,4)16/h5-9,16H,1-4H3. The molecule has 0 saturated heterocycles. The van der Waals surface area contributed by atoms with Crippen molar-refractivity contribution in [2.24, 2.45) is 0 Å². The van der Waals surface area contributed by atoms with E-state index in [0.717, 1.165) is 16.9 Å². The fraction of sp³-hybridized carbons (Fsp3) is 0.462. The lowest BCUT2D eigenvalue weighted by atomic mass is 10.1. The summed E-state index contributed by atoms with van der Waals surface area (Å²) in [5.41, 5.74) is 1.10. The number of hydrogen-bond acceptors (Lipinski definition) is 2. The molecule has 0 unspecified atom stereocenters. The van der Waals surface area contributed by atoms with Crippen molar-refractivity contribution in [1.29, 1.82) is 0 Å². The zero-order valence-electron chi connectivity index (χ0n) is 10.2. The molecule has 0 bridgehead atoms. The average Bonchev–Trinajstić information content (AvgIpc) is 2.55. The van der Waals surface area contributed by atoms with Gasteiger partial charge in [-0.3, -0.25) is 0 Å². The van der Waals surface area contributed by atoms with Crippen molar-refractivity contribution in [2.45, 2.75) is 39.3 Å². The molecule has 1 aromatic carbocycles. The molecule has 0 aliphatic heterocycles. The summed E-state index contributed by atoms with van der Waals surface area (Å²) in [7, 11) is 0. The van der Waals surface area contributed by atoms with Crippen LogP contribution in [0.25, 0.3) is 11.0 Å². The zero-order valence-corrected chi connectivity index (χ0v) is 10.2. The summed E-state index contributed by atoms with van der Waals surface area (Å²) in [6, 6.07) is 8.26. The third-order valence-corrected chi connectivity index (χ3v) is 2.66. The maximum atomic E-state index is 10.1. The minimum Gasteiger partial charge on any atom is -0.383 e. The molecule has 3 heteroatoms. The monoisotopic (exact) mass is 218 g/mol. The first-order chi connectivity index (χ1) is 7.41. The lowest BCUT2D eigenvalue weighted by molar-refractivity contribution is 0.0641. The Morgan fingerprint density at radius 2 is 1.88 bits per heavy atom. The van der Waals surface area contributed by atoms with E-state index in [4.69, 9.17) is 0 Å². The molecule has 1 aromatic heterocycles. The Hall–Kier alpha value is -1.35. The SMILES string of the molecule is CC(C)n1c(C(C)(C)O)nc2ccccc21. The highest BCUT2D eigenvalue weighted by molar-refractivity contribution is 5.76. The highest BCUT2D eigenvalue weighted by atomic mass is 16.3. The second-order valence-corrected chi connectivity index (χ2v) is 4.95. The van der Waals surface area contributed by atoms with Crippen molar-refractivity contribution >= 4 is 11.0 Å². The van der Waals surface area contributed by atoms with Gasteiger partial charge in [-0.2, -0.15) is 0 Å². The van der Waals surface area contributed by atoms with Crippen molar-refractivity contribution in [3.05, 3.63) is 30.1 Å². The number of fused-ring (bicyclic) bond motifs is 1. The van der Waals surface area contributed by atoms with Crippen LogP contribution < -0.4 is 0 Å². The zero-order chi connectivity index (χ0) is 11.9. The molecule has 2 aromatic rings. The highest BCUT2D eigenvalue weighted by Crippen LogP contribution is 2.27. The van der Waals surface area contributed by atoms with Gasteiger partial charge < -0.3 is 9.67 Å². The van der Waals surface area contributed by atoms with Gasteiger partial charge in [0.05, 0.1) is 11.0 Å². The quantitative estimate of drug-likeness (QED) is 0.841. The van der Waals surface area contributed by atoms with Crippen LogP contribution in [-0.4, -0.2) is 14.7 Å². The van der Waals surface area contributed by atoms with Gasteiger partial charge >= 0.3 is 0 Å². The second kappa shape index (κ2) is 3.59. The molecule has 0 atom stereocenters. The van der Waals surface area contributed by atoms with E-state index < -0.39 is 5.60 Å². The Bertz CT molecular complexity index is 506. The van der Waals surface area contributed by atoms with Crippen LogP contribution in [0.15, 0.2) is 24.3 Å². The topological polar surface area (TPSA) is 38.0 Å². The van der Waals surface area contributed by atoms with Gasteiger partial charge in [0.2, 0.25) is 0 Å². The normalized spacial score (nSPS) is 12.6. The number of para-hydroxylation sites is 2. The first-order valence-electron chi connectivity index (χ1n) is 5.61. The third kappa shape index (κ3) is 1.71. The molecule has 1 N–H and O–H groups in total. The van der Waals surface area contributed by atoms with Gasteiger partial charge in [-0.1, -0.05) is 12.1 Å². The largest absolute Gasteiger partial charge is 0.383 e. The average molecular weight is 218 g/mol. The molecule has 0 saturated carbocycles. The fourth-order valence-electron chi connectivity index (χ4n) is 2.00. The fourth-order valence-corrected chi connectivity index (χ4v) is 2.00. The summed E-state index contributed by atoms with van der Waals surface area (Å²) in [5.74, 6) is 0.726. The van der Waals surface area contributed by atoms with Crippen molar-refractivity contribution in [3.63, 3.8) is 0 Å². The molecular formula is C13H18N2O. The van der Waals surface area contributed by atoms with Crippen LogP contribution in [0, 0.1) is 0 Å². The predicted molar refractivity (Wildman–Crippen MR) is 65.4 cm³/mol. The first-order valence-corrected chi connectivity index (χ1v) is 5.61. The molecule has 0 spiro atoms. The van der Waals surface area contributed by atoms with Crippen LogP contribution in [0.3, 0.4) is 0 Å². The second-order valence-electron chi connectivity index (χ2n) is 4.95. The molecule has 86 valence electrons. The number of rotatable bonds is 2. The number of benzene rings is 1. The molecule has 16 heavy (non-hydrogen) atoms. The van der Waals surface area contributed by atoms with E-state index in [1.165, 1.54) is 0 Å². The third-order valence-electron chi connectivity index (χ3n) is 2.66. The summed E-state index contributed by atoms with van der Waals surface area (Å²) in [6.07, 6.45) is 0. The van der Waals surface area contributed by atoms with E-state index in [1.54, 1.807) is 13.8 Å². The summed E-state index contributed by atoms with van der Waals surface area (Å²) >= 11 is 0. The highest BCUT2D eigenvalue weighted by Gasteiger charge is 2.25. The van der Waals surface area contributed by atoms with Crippen molar-refractivity contribution in [1.82, 2.24) is 9.55 Å². The molecule has 0 aliphatic rings. The minimum atomic E-state index is -0.913. The van der Waals surface area contributed by atoms with Gasteiger partial charge in [-0.15, -0.1) is 0 Å². The molecule has 0 aliphatic carbocycles. The Kier molecular flexibility index (Phi) is 2.50.